The number of hydrogen-bond donors (Lipinski definition) is 1. The Labute approximate surface area is 190 Å². The maximum absolute atomic E-state index is 15.0. The number of rotatable bonds is 1. The molecule has 5 rings (SSSR count). The fraction of sp³-hybridized carbons (Fsp3) is 0.200. The molecular weight excluding hydrogens is 421 g/mol. The second-order valence-corrected chi connectivity index (χ2v) is 7.88. The van der Waals surface area contributed by atoms with Gasteiger partial charge >= 0.3 is 0 Å². The zero-order chi connectivity index (χ0) is 22.8. The van der Waals surface area contributed by atoms with Gasteiger partial charge in [0.1, 0.15) is 23.1 Å². The van der Waals surface area contributed by atoms with Crippen molar-refractivity contribution in [3.8, 4) is 28.4 Å². The van der Waals surface area contributed by atoms with Gasteiger partial charge < -0.3 is 14.6 Å². The summed E-state index contributed by atoms with van der Waals surface area (Å²) in [7, 11) is 0. The van der Waals surface area contributed by atoms with E-state index in [1.807, 2.05) is 29.8 Å². The van der Waals surface area contributed by atoms with Gasteiger partial charge in [0.05, 0.1) is 12.2 Å². The predicted octanol–water partition coefficient (Wildman–Crippen LogP) is 4.88. The number of benzene rings is 1. The molecule has 0 spiro atoms. The normalized spacial score (nSPS) is 13.8. The molecule has 0 atom stereocenters. The van der Waals surface area contributed by atoms with E-state index in [9.17, 15) is 4.79 Å². The van der Waals surface area contributed by atoms with Crippen LogP contribution in [0.1, 0.15) is 28.9 Å². The van der Waals surface area contributed by atoms with E-state index in [-0.39, 0.29) is 16.9 Å². The van der Waals surface area contributed by atoms with Crippen LogP contribution in [0.4, 0.5) is 10.2 Å². The molecule has 0 aliphatic carbocycles. The predicted molar refractivity (Wildman–Crippen MR) is 123 cm³/mol. The number of imidazole rings is 1. The lowest BCUT2D eigenvalue weighted by molar-refractivity contribution is 0.102. The van der Waals surface area contributed by atoms with Crippen molar-refractivity contribution >= 4 is 11.7 Å². The Morgan fingerprint density at radius 3 is 2.85 bits per heavy atom. The molecule has 1 aliphatic rings. The van der Waals surface area contributed by atoms with Crippen LogP contribution < -0.4 is 10.1 Å². The topological polar surface area (TPSA) is 81.9 Å². The van der Waals surface area contributed by atoms with Crippen molar-refractivity contribution in [1.82, 2.24) is 19.5 Å². The molecular formula is C25H22FN5O2. The molecule has 4 heterocycles. The minimum Gasteiger partial charge on any atom is -0.493 e. The van der Waals surface area contributed by atoms with Gasteiger partial charge in [-0.2, -0.15) is 0 Å². The standard InChI is InChI=1S/C25H22FN5O2/c1-16-7-8-17(15-28-16)18-13-19-22(14-20(18)26)33-12-3-2-10-31-11-9-27-24(31)21-5-4-6-23(29-21)30-25(19)32/h4-9,11,13-15H,2-3,10,12H2,1H3,(H,29,30,32). The van der Waals surface area contributed by atoms with Crippen LogP contribution >= 0.6 is 0 Å². The van der Waals surface area contributed by atoms with E-state index in [0.29, 0.717) is 23.7 Å². The van der Waals surface area contributed by atoms with E-state index in [0.717, 1.165) is 30.9 Å². The molecule has 1 N–H and O–H groups in total. The molecule has 3 aromatic heterocycles. The molecule has 0 saturated heterocycles. The van der Waals surface area contributed by atoms with Crippen LogP contribution in [0.15, 0.2) is 61.1 Å². The van der Waals surface area contributed by atoms with Crippen molar-refractivity contribution in [3.63, 3.8) is 0 Å². The first-order chi connectivity index (χ1) is 16.1. The van der Waals surface area contributed by atoms with Crippen LogP contribution in [0.2, 0.25) is 0 Å². The van der Waals surface area contributed by atoms with Crippen LogP contribution in [0.5, 0.6) is 5.75 Å². The van der Waals surface area contributed by atoms with Crippen LogP contribution in [0.3, 0.4) is 0 Å². The highest BCUT2D eigenvalue weighted by Crippen LogP contribution is 2.31. The number of anilines is 1. The third-order valence-corrected chi connectivity index (χ3v) is 5.52. The number of aryl methyl sites for hydroxylation is 2. The number of aromatic nitrogens is 4. The third kappa shape index (κ3) is 4.32. The first-order valence-electron chi connectivity index (χ1n) is 10.8. The van der Waals surface area contributed by atoms with Crippen LogP contribution in [0, 0.1) is 12.7 Å². The lowest BCUT2D eigenvalue weighted by Crippen LogP contribution is -2.16. The Morgan fingerprint density at radius 1 is 1.09 bits per heavy atom. The molecule has 8 heteroatoms. The largest absolute Gasteiger partial charge is 0.493 e. The van der Waals surface area contributed by atoms with Crippen molar-refractivity contribution in [2.45, 2.75) is 26.3 Å². The fourth-order valence-electron chi connectivity index (χ4n) is 3.80. The van der Waals surface area contributed by atoms with Crippen molar-refractivity contribution in [1.29, 1.82) is 0 Å². The zero-order valence-electron chi connectivity index (χ0n) is 18.1. The molecule has 0 unspecified atom stereocenters. The lowest BCUT2D eigenvalue weighted by Gasteiger charge is -2.16. The number of carbonyl (C=O) groups excluding carboxylic acids is 1. The summed E-state index contributed by atoms with van der Waals surface area (Å²) in [5, 5.41) is 2.82. The van der Waals surface area contributed by atoms with Crippen molar-refractivity contribution in [2.75, 3.05) is 11.9 Å². The molecule has 33 heavy (non-hydrogen) atoms. The Kier molecular flexibility index (Phi) is 5.56. The Bertz CT molecular complexity index is 1320. The van der Waals surface area contributed by atoms with Gasteiger partial charge in [0, 0.05) is 48.0 Å². The molecule has 0 saturated carbocycles. The van der Waals surface area contributed by atoms with E-state index in [1.165, 1.54) is 12.1 Å². The summed E-state index contributed by atoms with van der Waals surface area (Å²) < 4.78 is 22.9. The van der Waals surface area contributed by atoms with E-state index in [4.69, 9.17) is 4.74 Å². The number of amides is 1. The van der Waals surface area contributed by atoms with E-state index < -0.39 is 11.7 Å². The molecule has 0 radical (unpaired) electrons. The second-order valence-electron chi connectivity index (χ2n) is 7.88. The molecule has 2 bridgehead atoms. The number of hydrogen-bond acceptors (Lipinski definition) is 5. The second kappa shape index (κ2) is 8.82. The average Bonchev–Trinajstić information content (AvgIpc) is 3.28. The minimum atomic E-state index is -0.475. The molecule has 0 fully saturated rings. The van der Waals surface area contributed by atoms with Gasteiger partial charge in [0.15, 0.2) is 5.82 Å². The Hall–Kier alpha value is -4.07. The number of fused-ring (bicyclic) bond motifs is 5. The van der Waals surface area contributed by atoms with Crippen molar-refractivity contribution in [3.05, 3.63) is 78.1 Å². The first-order valence-corrected chi connectivity index (χ1v) is 10.8. The summed E-state index contributed by atoms with van der Waals surface area (Å²) in [6.07, 6.45) is 6.80. The molecule has 166 valence electrons. The Balaban J connectivity index is 1.56. The van der Waals surface area contributed by atoms with E-state index in [1.54, 1.807) is 30.6 Å². The average molecular weight is 443 g/mol. The lowest BCUT2D eigenvalue weighted by atomic mass is 10.0. The smallest absolute Gasteiger partial charge is 0.260 e. The van der Waals surface area contributed by atoms with Gasteiger partial charge in [0.25, 0.3) is 5.91 Å². The van der Waals surface area contributed by atoms with Crippen LogP contribution in [-0.2, 0) is 6.54 Å². The number of nitrogens with zero attached hydrogens (tertiary/aromatic N) is 4. The van der Waals surface area contributed by atoms with Gasteiger partial charge in [-0.3, -0.25) is 9.78 Å². The number of pyridine rings is 2. The zero-order valence-corrected chi connectivity index (χ0v) is 18.1. The van der Waals surface area contributed by atoms with Crippen LogP contribution in [-0.4, -0.2) is 32.0 Å². The maximum Gasteiger partial charge on any atom is 0.260 e. The quantitative estimate of drug-likeness (QED) is 0.453. The number of carbonyl (C=O) groups is 1. The Morgan fingerprint density at radius 2 is 2.00 bits per heavy atom. The number of nitrogens with one attached hydrogen (secondary N) is 1. The highest BCUT2D eigenvalue weighted by molar-refractivity contribution is 6.06. The summed E-state index contributed by atoms with van der Waals surface area (Å²) in [5.74, 6) is 0.400. The van der Waals surface area contributed by atoms with E-state index >= 15 is 4.39 Å². The summed E-state index contributed by atoms with van der Waals surface area (Å²) in [5.41, 5.74) is 2.59. The molecule has 7 nitrogen and oxygen atoms in total. The van der Waals surface area contributed by atoms with Gasteiger partial charge in [-0.05, 0) is 44.0 Å². The van der Waals surface area contributed by atoms with Crippen molar-refractivity contribution < 1.29 is 13.9 Å². The third-order valence-electron chi connectivity index (χ3n) is 5.52. The molecule has 1 amide bonds. The molecule has 4 aromatic rings. The minimum absolute atomic E-state index is 0.199. The summed E-state index contributed by atoms with van der Waals surface area (Å²) in [6, 6.07) is 11.7. The monoisotopic (exact) mass is 443 g/mol. The van der Waals surface area contributed by atoms with Gasteiger partial charge in [-0.25, -0.2) is 14.4 Å². The van der Waals surface area contributed by atoms with Gasteiger partial charge in [-0.1, -0.05) is 12.1 Å². The van der Waals surface area contributed by atoms with Crippen molar-refractivity contribution in [2.24, 2.45) is 0 Å². The summed E-state index contributed by atoms with van der Waals surface area (Å²) in [6.45, 7) is 2.97. The number of halogens is 1. The maximum atomic E-state index is 15.0. The first kappa shape index (κ1) is 20.8. The summed E-state index contributed by atoms with van der Waals surface area (Å²) in [4.78, 5) is 26.5. The number of ether oxygens (including phenoxy) is 1. The fourth-order valence-corrected chi connectivity index (χ4v) is 3.80. The highest BCUT2D eigenvalue weighted by atomic mass is 19.1. The SMILES string of the molecule is Cc1ccc(-c2cc3c(cc2F)OCCCCn2ccnc2-c2cccc(n2)NC3=O)cn1. The summed E-state index contributed by atoms with van der Waals surface area (Å²) >= 11 is 0. The molecule has 1 aromatic carbocycles. The van der Waals surface area contributed by atoms with Gasteiger partial charge in [-0.15, -0.1) is 0 Å². The highest BCUT2D eigenvalue weighted by Gasteiger charge is 2.20. The van der Waals surface area contributed by atoms with Gasteiger partial charge in [0.2, 0.25) is 0 Å². The van der Waals surface area contributed by atoms with E-state index in [2.05, 4.69) is 20.3 Å². The van der Waals surface area contributed by atoms with Crippen LogP contribution in [0.25, 0.3) is 22.6 Å². The molecule has 1 aliphatic heterocycles.